The SMILES string of the molecule is CN(C)CCCNC(=O)C(=O)NC[C@H](c1ccco1)N1CCc2ccccc21. The molecule has 2 heterocycles. The number of carbonyl (C=O) groups excluding carboxylic acids is 2. The maximum Gasteiger partial charge on any atom is 0.309 e. The summed E-state index contributed by atoms with van der Waals surface area (Å²) in [5.74, 6) is -0.448. The quantitative estimate of drug-likeness (QED) is 0.534. The van der Waals surface area contributed by atoms with Crippen molar-refractivity contribution in [2.75, 3.05) is 45.2 Å². The second-order valence-corrected chi connectivity index (χ2v) is 7.23. The molecule has 1 aliphatic rings. The van der Waals surface area contributed by atoms with Gasteiger partial charge in [-0.1, -0.05) is 18.2 Å². The molecular formula is C21H28N4O3. The van der Waals surface area contributed by atoms with Crippen molar-refractivity contribution in [2.45, 2.75) is 18.9 Å². The second kappa shape index (κ2) is 9.41. The predicted molar refractivity (Wildman–Crippen MR) is 108 cm³/mol. The van der Waals surface area contributed by atoms with E-state index in [0.717, 1.165) is 37.4 Å². The third kappa shape index (κ3) is 4.92. The molecule has 2 amide bonds. The van der Waals surface area contributed by atoms with Crippen LogP contribution in [0.1, 0.15) is 23.8 Å². The second-order valence-electron chi connectivity index (χ2n) is 7.23. The molecule has 150 valence electrons. The van der Waals surface area contributed by atoms with Crippen molar-refractivity contribution in [3.05, 3.63) is 54.0 Å². The van der Waals surface area contributed by atoms with E-state index < -0.39 is 11.8 Å². The number of nitrogens with one attached hydrogen (secondary N) is 2. The maximum atomic E-state index is 12.2. The number of para-hydroxylation sites is 1. The summed E-state index contributed by atoms with van der Waals surface area (Å²) in [4.78, 5) is 28.5. The zero-order valence-corrected chi connectivity index (χ0v) is 16.5. The fourth-order valence-electron chi connectivity index (χ4n) is 3.48. The average molecular weight is 384 g/mol. The molecule has 0 spiro atoms. The number of amides is 2. The van der Waals surface area contributed by atoms with E-state index in [4.69, 9.17) is 4.42 Å². The van der Waals surface area contributed by atoms with Gasteiger partial charge in [-0.2, -0.15) is 0 Å². The summed E-state index contributed by atoms with van der Waals surface area (Å²) in [5, 5.41) is 5.43. The molecule has 3 rings (SSSR count). The Balaban J connectivity index is 1.59. The van der Waals surface area contributed by atoms with Crippen LogP contribution in [0.4, 0.5) is 5.69 Å². The summed E-state index contributed by atoms with van der Waals surface area (Å²) in [5.41, 5.74) is 2.43. The number of benzene rings is 1. The first-order valence-electron chi connectivity index (χ1n) is 9.65. The zero-order valence-electron chi connectivity index (χ0n) is 16.5. The Kier molecular flexibility index (Phi) is 6.71. The molecule has 2 N–H and O–H groups in total. The number of fused-ring (bicyclic) bond motifs is 1. The number of hydrogen-bond donors (Lipinski definition) is 2. The van der Waals surface area contributed by atoms with Crippen LogP contribution in [-0.2, 0) is 16.0 Å². The van der Waals surface area contributed by atoms with Crippen LogP contribution in [-0.4, -0.2) is 57.0 Å². The molecule has 7 nitrogen and oxygen atoms in total. The molecule has 1 aromatic heterocycles. The summed E-state index contributed by atoms with van der Waals surface area (Å²) in [6, 6.07) is 11.8. The highest BCUT2D eigenvalue weighted by Crippen LogP contribution is 2.34. The molecule has 1 atom stereocenters. The minimum atomic E-state index is -0.617. The molecule has 1 aliphatic heterocycles. The number of anilines is 1. The molecule has 7 heteroatoms. The molecule has 0 saturated carbocycles. The first-order valence-corrected chi connectivity index (χ1v) is 9.65. The molecule has 1 aromatic carbocycles. The molecule has 0 saturated heterocycles. The van der Waals surface area contributed by atoms with Gasteiger partial charge in [0.15, 0.2) is 0 Å². The van der Waals surface area contributed by atoms with E-state index in [9.17, 15) is 9.59 Å². The van der Waals surface area contributed by atoms with Crippen LogP contribution in [0.5, 0.6) is 0 Å². The highest BCUT2D eigenvalue weighted by atomic mass is 16.3. The molecule has 0 unspecified atom stereocenters. The van der Waals surface area contributed by atoms with Crippen molar-refractivity contribution >= 4 is 17.5 Å². The Labute approximate surface area is 165 Å². The van der Waals surface area contributed by atoms with Gasteiger partial charge >= 0.3 is 11.8 Å². The number of rotatable bonds is 8. The molecular weight excluding hydrogens is 356 g/mol. The van der Waals surface area contributed by atoms with Crippen molar-refractivity contribution in [1.29, 1.82) is 0 Å². The van der Waals surface area contributed by atoms with Gasteiger partial charge in [0.1, 0.15) is 11.8 Å². The van der Waals surface area contributed by atoms with Crippen molar-refractivity contribution < 1.29 is 14.0 Å². The Morgan fingerprint density at radius 1 is 1.14 bits per heavy atom. The third-order valence-electron chi connectivity index (χ3n) is 4.90. The molecule has 0 fully saturated rings. The zero-order chi connectivity index (χ0) is 19.9. The van der Waals surface area contributed by atoms with Gasteiger partial charge in [-0.15, -0.1) is 0 Å². The number of carbonyl (C=O) groups is 2. The fourth-order valence-corrected chi connectivity index (χ4v) is 3.48. The Morgan fingerprint density at radius 3 is 2.68 bits per heavy atom. The minimum absolute atomic E-state index is 0.163. The van der Waals surface area contributed by atoms with E-state index in [1.165, 1.54) is 5.56 Å². The average Bonchev–Trinajstić information content (AvgIpc) is 3.36. The Bertz CT molecular complexity index is 789. The lowest BCUT2D eigenvalue weighted by atomic mass is 10.1. The van der Waals surface area contributed by atoms with Gasteiger partial charge in [0.2, 0.25) is 0 Å². The number of hydrogen-bond acceptors (Lipinski definition) is 5. The molecule has 2 aromatic rings. The van der Waals surface area contributed by atoms with Gasteiger partial charge in [-0.3, -0.25) is 9.59 Å². The van der Waals surface area contributed by atoms with Crippen LogP contribution < -0.4 is 15.5 Å². The highest BCUT2D eigenvalue weighted by molar-refractivity contribution is 6.35. The standard InChI is InChI=1S/C21H28N4O3/c1-24(2)12-6-11-22-20(26)21(27)23-15-18(19-9-5-14-28-19)25-13-10-16-7-3-4-8-17(16)25/h3-5,7-9,14,18H,6,10-13,15H2,1-2H3,(H,22,26)(H,23,27)/t18-/m1/s1. The lowest BCUT2D eigenvalue weighted by molar-refractivity contribution is -0.139. The lowest BCUT2D eigenvalue weighted by Crippen LogP contribution is -2.44. The largest absolute Gasteiger partial charge is 0.467 e. The summed E-state index contributed by atoms with van der Waals surface area (Å²) >= 11 is 0. The van der Waals surface area contributed by atoms with Gasteiger partial charge in [0, 0.05) is 25.3 Å². The lowest BCUT2D eigenvalue weighted by Gasteiger charge is -2.29. The van der Waals surface area contributed by atoms with E-state index in [2.05, 4.69) is 27.7 Å². The summed E-state index contributed by atoms with van der Waals surface area (Å²) in [6.45, 7) is 2.48. The normalized spacial score (nSPS) is 14.0. The van der Waals surface area contributed by atoms with Gasteiger partial charge in [-0.25, -0.2) is 0 Å². The summed E-state index contributed by atoms with van der Waals surface area (Å²) in [6.07, 6.45) is 3.38. The van der Waals surface area contributed by atoms with E-state index in [1.807, 2.05) is 43.3 Å². The summed E-state index contributed by atoms with van der Waals surface area (Å²) < 4.78 is 5.62. The first-order chi connectivity index (χ1) is 13.6. The van der Waals surface area contributed by atoms with Crippen LogP contribution in [0.2, 0.25) is 0 Å². The highest BCUT2D eigenvalue weighted by Gasteiger charge is 2.29. The molecule has 0 bridgehead atoms. The third-order valence-corrected chi connectivity index (χ3v) is 4.90. The Morgan fingerprint density at radius 2 is 1.93 bits per heavy atom. The minimum Gasteiger partial charge on any atom is -0.467 e. The van der Waals surface area contributed by atoms with Crippen molar-refractivity contribution in [1.82, 2.24) is 15.5 Å². The van der Waals surface area contributed by atoms with E-state index in [1.54, 1.807) is 6.26 Å². The van der Waals surface area contributed by atoms with Gasteiger partial charge in [0.25, 0.3) is 0 Å². The van der Waals surface area contributed by atoms with Crippen molar-refractivity contribution in [2.24, 2.45) is 0 Å². The topological polar surface area (TPSA) is 77.8 Å². The number of nitrogens with zero attached hydrogens (tertiary/aromatic N) is 2. The first kappa shape index (κ1) is 19.9. The van der Waals surface area contributed by atoms with Crippen LogP contribution >= 0.6 is 0 Å². The van der Waals surface area contributed by atoms with E-state index in [-0.39, 0.29) is 6.04 Å². The molecule has 0 radical (unpaired) electrons. The molecule has 0 aliphatic carbocycles. The van der Waals surface area contributed by atoms with E-state index >= 15 is 0 Å². The smallest absolute Gasteiger partial charge is 0.309 e. The number of furan rings is 1. The molecule has 28 heavy (non-hydrogen) atoms. The summed E-state index contributed by atoms with van der Waals surface area (Å²) in [7, 11) is 3.94. The van der Waals surface area contributed by atoms with Crippen molar-refractivity contribution in [3.8, 4) is 0 Å². The van der Waals surface area contributed by atoms with Crippen LogP contribution in [0, 0.1) is 0 Å². The monoisotopic (exact) mass is 384 g/mol. The van der Waals surface area contributed by atoms with Crippen LogP contribution in [0.3, 0.4) is 0 Å². The fraction of sp³-hybridized carbons (Fsp3) is 0.429. The Hall–Kier alpha value is -2.80. The maximum absolute atomic E-state index is 12.2. The van der Waals surface area contributed by atoms with Gasteiger partial charge in [-0.05, 0) is 57.2 Å². The predicted octanol–water partition coefficient (Wildman–Crippen LogP) is 1.57. The van der Waals surface area contributed by atoms with Gasteiger partial charge in [0.05, 0.1) is 6.26 Å². The van der Waals surface area contributed by atoms with Gasteiger partial charge < -0.3 is 24.9 Å². The van der Waals surface area contributed by atoms with Crippen LogP contribution in [0.25, 0.3) is 0 Å². The van der Waals surface area contributed by atoms with E-state index in [0.29, 0.717) is 13.1 Å². The van der Waals surface area contributed by atoms with Crippen LogP contribution in [0.15, 0.2) is 47.1 Å². The van der Waals surface area contributed by atoms with Crippen molar-refractivity contribution in [3.63, 3.8) is 0 Å².